The molecule has 0 fully saturated rings. The topological polar surface area (TPSA) is 12.9 Å². The number of hydrogen-bond donors (Lipinski definition) is 0. The van der Waals surface area contributed by atoms with E-state index in [2.05, 4.69) is 11.9 Å². The molecule has 0 N–H and O–H groups in total. The smallest absolute Gasteiger partial charge is 0.147 e. The molecule has 0 bridgehead atoms. The van der Waals surface area contributed by atoms with Crippen LogP contribution in [0.25, 0.3) is 0 Å². The molecule has 0 amide bonds. The number of halogens is 2. The predicted molar refractivity (Wildman–Crippen MR) is 38.7 cm³/mol. The summed E-state index contributed by atoms with van der Waals surface area (Å²) >= 11 is 11.1. The quantitative estimate of drug-likeness (QED) is 0.532. The van der Waals surface area contributed by atoms with E-state index < -0.39 is 0 Å². The lowest BCUT2D eigenvalue weighted by Crippen LogP contribution is -1.77. The monoisotopic (exact) mass is 160 g/mol. The van der Waals surface area contributed by atoms with E-state index in [4.69, 9.17) is 23.2 Å². The maximum Gasteiger partial charge on any atom is 0.147 e. The average Bonchev–Trinajstić information content (AvgIpc) is 1.80. The van der Waals surface area contributed by atoms with Crippen LogP contribution in [0.2, 0.25) is 10.2 Å². The van der Waals surface area contributed by atoms with Crippen molar-refractivity contribution in [1.82, 2.24) is 4.98 Å². The largest absolute Gasteiger partial charge is 0.243 e. The molecular formula is C6H4Cl2N. The molecule has 0 aliphatic heterocycles. The summed E-state index contributed by atoms with van der Waals surface area (Å²) in [6, 6.07) is 1.66. The van der Waals surface area contributed by atoms with Gasteiger partial charge in [-0.05, 0) is 18.6 Å². The van der Waals surface area contributed by atoms with Gasteiger partial charge in [-0.15, -0.1) is 0 Å². The Morgan fingerprint density at radius 1 is 1.44 bits per heavy atom. The van der Waals surface area contributed by atoms with Crippen molar-refractivity contribution in [3.63, 3.8) is 0 Å². The minimum atomic E-state index is 0.323. The van der Waals surface area contributed by atoms with Gasteiger partial charge in [-0.1, -0.05) is 23.2 Å². The van der Waals surface area contributed by atoms with Crippen molar-refractivity contribution >= 4 is 23.2 Å². The van der Waals surface area contributed by atoms with Gasteiger partial charge in [0.15, 0.2) is 0 Å². The number of hydrogen-bond acceptors (Lipinski definition) is 1. The molecule has 0 aliphatic carbocycles. The van der Waals surface area contributed by atoms with E-state index in [0.717, 1.165) is 5.56 Å². The molecule has 1 rings (SSSR count). The summed E-state index contributed by atoms with van der Waals surface area (Å²) in [7, 11) is 0. The second-order valence-electron chi connectivity index (χ2n) is 1.62. The van der Waals surface area contributed by atoms with Crippen molar-refractivity contribution in [3.8, 4) is 0 Å². The zero-order chi connectivity index (χ0) is 6.85. The highest BCUT2D eigenvalue weighted by Gasteiger charge is 1.95. The van der Waals surface area contributed by atoms with E-state index in [1.54, 1.807) is 12.3 Å². The van der Waals surface area contributed by atoms with Gasteiger partial charge in [0, 0.05) is 6.20 Å². The van der Waals surface area contributed by atoms with Gasteiger partial charge >= 0.3 is 0 Å². The number of pyridine rings is 1. The van der Waals surface area contributed by atoms with Gasteiger partial charge in [-0.3, -0.25) is 0 Å². The Morgan fingerprint density at radius 2 is 2.11 bits per heavy atom. The first-order chi connectivity index (χ1) is 4.20. The Morgan fingerprint density at radius 3 is 2.56 bits per heavy atom. The summed E-state index contributed by atoms with van der Waals surface area (Å²) in [6.45, 7) is 3.62. The SMILES string of the molecule is [CH2]c1cnc(Cl)c(Cl)c1. The lowest BCUT2D eigenvalue weighted by Gasteiger charge is -1.93. The van der Waals surface area contributed by atoms with Crippen LogP contribution in [0.5, 0.6) is 0 Å². The van der Waals surface area contributed by atoms with Crippen molar-refractivity contribution in [2.24, 2.45) is 0 Å². The minimum absolute atomic E-state index is 0.323. The molecule has 1 radical (unpaired) electrons. The van der Waals surface area contributed by atoms with E-state index >= 15 is 0 Å². The van der Waals surface area contributed by atoms with Crippen LogP contribution in [-0.4, -0.2) is 4.98 Å². The van der Waals surface area contributed by atoms with Crippen LogP contribution in [-0.2, 0) is 0 Å². The molecule has 0 saturated heterocycles. The van der Waals surface area contributed by atoms with Gasteiger partial charge in [0.2, 0.25) is 0 Å². The second-order valence-corrected chi connectivity index (χ2v) is 2.38. The second kappa shape index (κ2) is 2.54. The first-order valence-electron chi connectivity index (χ1n) is 2.33. The lowest BCUT2D eigenvalue weighted by atomic mass is 10.3. The molecule has 47 valence electrons. The Labute approximate surface area is 63.6 Å². The zero-order valence-corrected chi connectivity index (χ0v) is 6.08. The maximum atomic E-state index is 5.58. The Hall–Kier alpha value is -0.270. The molecule has 0 aliphatic rings. The highest BCUT2D eigenvalue weighted by Crippen LogP contribution is 2.18. The van der Waals surface area contributed by atoms with E-state index in [9.17, 15) is 0 Å². The Bertz CT molecular complexity index is 222. The minimum Gasteiger partial charge on any atom is -0.243 e. The molecule has 1 aromatic heterocycles. The third kappa shape index (κ3) is 1.57. The fraction of sp³-hybridized carbons (Fsp3) is 0. The van der Waals surface area contributed by atoms with Gasteiger partial charge in [-0.25, -0.2) is 4.98 Å². The number of aromatic nitrogens is 1. The molecule has 0 spiro atoms. The van der Waals surface area contributed by atoms with Crippen LogP contribution in [0.1, 0.15) is 5.56 Å². The van der Waals surface area contributed by atoms with E-state index in [1.807, 2.05) is 0 Å². The van der Waals surface area contributed by atoms with Crippen LogP contribution in [0.4, 0.5) is 0 Å². The summed E-state index contributed by atoms with van der Waals surface area (Å²) < 4.78 is 0. The molecule has 0 atom stereocenters. The summed E-state index contributed by atoms with van der Waals surface area (Å²) in [5.41, 5.74) is 0.768. The number of rotatable bonds is 0. The molecule has 1 nitrogen and oxygen atoms in total. The summed E-state index contributed by atoms with van der Waals surface area (Å²) in [5.74, 6) is 0. The Kier molecular flexibility index (Phi) is 1.94. The van der Waals surface area contributed by atoms with Crippen LogP contribution in [0, 0.1) is 6.92 Å². The van der Waals surface area contributed by atoms with Crippen LogP contribution >= 0.6 is 23.2 Å². The van der Waals surface area contributed by atoms with Gasteiger partial charge in [-0.2, -0.15) is 0 Å². The molecule has 0 unspecified atom stereocenters. The standard InChI is InChI=1S/C6H4Cl2N/c1-4-2-5(7)6(8)9-3-4/h2-3H,1H2. The van der Waals surface area contributed by atoms with Crippen molar-refractivity contribution in [2.75, 3.05) is 0 Å². The van der Waals surface area contributed by atoms with Crippen molar-refractivity contribution in [2.45, 2.75) is 0 Å². The van der Waals surface area contributed by atoms with Gasteiger partial charge in [0.1, 0.15) is 5.15 Å². The molecule has 1 heterocycles. The summed E-state index contributed by atoms with van der Waals surface area (Å²) in [6.07, 6.45) is 1.56. The molecule has 1 aromatic rings. The van der Waals surface area contributed by atoms with E-state index in [0.29, 0.717) is 10.2 Å². The van der Waals surface area contributed by atoms with Gasteiger partial charge in [0.05, 0.1) is 5.02 Å². The summed E-state index contributed by atoms with van der Waals surface area (Å²) in [4.78, 5) is 3.75. The Balaban J connectivity index is 3.17. The average molecular weight is 161 g/mol. The fourth-order valence-electron chi connectivity index (χ4n) is 0.461. The third-order valence-electron chi connectivity index (χ3n) is 0.853. The van der Waals surface area contributed by atoms with Crippen molar-refractivity contribution in [3.05, 3.63) is 34.9 Å². The normalized spacial score (nSPS) is 9.67. The molecule has 0 aromatic carbocycles. The lowest BCUT2D eigenvalue weighted by molar-refractivity contribution is 1.30. The highest BCUT2D eigenvalue weighted by molar-refractivity contribution is 6.41. The predicted octanol–water partition coefficient (Wildman–Crippen LogP) is 2.57. The van der Waals surface area contributed by atoms with E-state index in [1.165, 1.54) is 0 Å². The molecule has 0 saturated carbocycles. The van der Waals surface area contributed by atoms with Crippen LogP contribution in [0.3, 0.4) is 0 Å². The first kappa shape index (κ1) is 6.84. The van der Waals surface area contributed by atoms with E-state index in [-0.39, 0.29) is 0 Å². The van der Waals surface area contributed by atoms with Crippen LogP contribution < -0.4 is 0 Å². The zero-order valence-electron chi connectivity index (χ0n) is 4.56. The summed E-state index contributed by atoms with van der Waals surface area (Å²) in [5, 5.41) is 0.772. The van der Waals surface area contributed by atoms with Crippen LogP contribution in [0.15, 0.2) is 12.3 Å². The molecule has 3 heteroatoms. The highest BCUT2D eigenvalue weighted by atomic mass is 35.5. The fourth-order valence-corrected chi connectivity index (χ4v) is 0.753. The van der Waals surface area contributed by atoms with Gasteiger partial charge < -0.3 is 0 Å². The molecule has 9 heavy (non-hydrogen) atoms. The first-order valence-corrected chi connectivity index (χ1v) is 3.09. The van der Waals surface area contributed by atoms with Crippen molar-refractivity contribution < 1.29 is 0 Å². The van der Waals surface area contributed by atoms with Crippen molar-refractivity contribution in [1.29, 1.82) is 0 Å². The third-order valence-corrected chi connectivity index (χ3v) is 1.54. The van der Waals surface area contributed by atoms with Gasteiger partial charge in [0.25, 0.3) is 0 Å². The molecular weight excluding hydrogens is 157 g/mol. The number of nitrogens with zero attached hydrogens (tertiary/aromatic N) is 1. The maximum absolute atomic E-state index is 5.58.